The second-order valence-corrected chi connectivity index (χ2v) is 5.55. The summed E-state index contributed by atoms with van der Waals surface area (Å²) in [6, 6.07) is 5.47. The highest BCUT2D eigenvalue weighted by atomic mass is 35.5. The predicted molar refractivity (Wildman–Crippen MR) is 82.8 cm³/mol. The first-order valence-electron chi connectivity index (χ1n) is 6.77. The molecule has 0 saturated heterocycles. The molecule has 114 valence electrons. The van der Waals surface area contributed by atoms with Crippen molar-refractivity contribution < 1.29 is 9.53 Å². The molecule has 0 bridgehead atoms. The number of nitrogens with zero attached hydrogens (tertiary/aromatic N) is 4. The fourth-order valence-corrected chi connectivity index (χ4v) is 2.52. The molecular weight excluding hydrogens is 304 g/mol. The van der Waals surface area contributed by atoms with Gasteiger partial charge in [0.1, 0.15) is 0 Å². The van der Waals surface area contributed by atoms with Gasteiger partial charge in [-0.3, -0.25) is 4.68 Å². The Morgan fingerprint density at radius 3 is 2.82 bits per heavy atom. The number of rotatable bonds is 3. The van der Waals surface area contributed by atoms with E-state index in [2.05, 4.69) is 10.1 Å². The Morgan fingerprint density at radius 1 is 1.36 bits per heavy atom. The number of fused-ring (bicyclic) bond motifs is 1. The van der Waals surface area contributed by atoms with Gasteiger partial charge in [0.25, 0.3) is 0 Å². The number of esters is 1. The van der Waals surface area contributed by atoms with Gasteiger partial charge in [-0.1, -0.05) is 11.6 Å². The molecule has 0 aliphatic carbocycles. The molecule has 7 heteroatoms. The minimum absolute atomic E-state index is 0.413. The van der Waals surface area contributed by atoms with E-state index in [1.807, 2.05) is 23.7 Å². The Morgan fingerprint density at radius 2 is 2.14 bits per heavy atom. The van der Waals surface area contributed by atoms with Crippen LogP contribution < -0.4 is 0 Å². The molecule has 1 aromatic carbocycles. The highest BCUT2D eigenvalue weighted by Crippen LogP contribution is 2.24. The summed E-state index contributed by atoms with van der Waals surface area (Å²) in [5.74, 6) is 0.236. The summed E-state index contributed by atoms with van der Waals surface area (Å²) in [4.78, 5) is 16.6. The normalized spacial score (nSPS) is 12.5. The van der Waals surface area contributed by atoms with E-state index in [9.17, 15) is 4.79 Å². The van der Waals surface area contributed by atoms with Crippen molar-refractivity contribution in [3.8, 4) is 0 Å². The summed E-state index contributed by atoms with van der Waals surface area (Å²) in [6.07, 6.45) is 2.61. The lowest BCUT2D eigenvalue weighted by Crippen LogP contribution is -2.12. The molecule has 1 atom stereocenters. The van der Waals surface area contributed by atoms with Crippen molar-refractivity contribution in [2.45, 2.75) is 13.0 Å². The number of imidazole rings is 1. The first-order chi connectivity index (χ1) is 10.5. The zero-order valence-electron chi connectivity index (χ0n) is 12.4. The quantitative estimate of drug-likeness (QED) is 0.697. The van der Waals surface area contributed by atoms with Gasteiger partial charge in [0.05, 0.1) is 22.8 Å². The first kappa shape index (κ1) is 14.6. The van der Waals surface area contributed by atoms with Gasteiger partial charge in [0, 0.05) is 25.3 Å². The third-order valence-corrected chi connectivity index (χ3v) is 3.70. The summed E-state index contributed by atoms with van der Waals surface area (Å²) >= 11 is 6.01. The van der Waals surface area contributed by atoms with Gasteiger partial charge in [0.15, 0.2) is 11.9 Å². The maximum Gasteiger partial charge on any atom is 0.342 e. The van der Waals surface area contributed by atoms with Crippen LogP contribution in [-0.2, 0) is 18.8 Å². The number of aromatic nitrogens is 4. The van der Waals surface area contributed by atoms with Crippen LogP contribution in [0, 0.1) is 0 Å². The van der Waals surface area contributed by atoms with Crippen molar-refractivity contribution in [2.24, 2.45) is 14.1 Å². The number of hydrogen-bond acceptors (Lipinski definition) is 4. The third-order valence-electron chi connectivity index (χ3n) is 3.47. The van der Waals surface area contributed by atoms with Crippen LogP contribution in [0.5, 0.6) is 0 Å². The monoisotopic (exact) mass is 318 g/mol. The fraction of sp³-hybridized carbons (Fsp3) is 0.267. The van der Waals surface area contributed by atoms with E-state index in [-0.39, 0.29) is 0 Å². The van der Waals surface area contributed by atoms with E-state index < -0.39 is 12.1 Å². The Hall–Kier alpha value is -2.34. The molecule has 2 heterocycles. The molecule has 0 radical (unpaired) electrons. The van der Waals surface area contributed by atoms with Gasteiger partial charge in [-0.15, -0.1) is 0 Å². The molecule has 0 fully saturated rings. The maximum atomic E-state index is 12.1. The smallest absolute Gasteiger partial charge is 0.342 e. The molecule has 0 amide bonds. The molecule has 3 rings (SSSR count). The summed E-state index contributed by atoms with van der Waals surface area (Å²) < 4.78 is 8.90. The molecule has 0 saturated carbocycles. The van der Waals surface area contributed by atoms with E-state index in [1.54, 1.807) is 30.9 Å². The summed E-state index contributed by atoms with van der Waals surface area (Å²) in [7, 11) is 3.62. The second kappa shape index (κ2) is 5.46. The van der Waals surface area contributed by atoms with Crippen molar-refractivity contribution in [3.63, 3.8) is 0 Å². The Balaban J connectivity index is 1.87. The number of ether oxygens (including phenoxy) is 1. The van der Waals surface area contributed by atoms with E-state index in [0.29, 0.717) is 16.4 Å². The molecule has 6 nitrogen and oxygen atoms in total. The standard InChI is InChI=1S/C15H15ClN4O2/c1-9(22-15(21)10-7-17-19(2)8-10)14-18-12-5-4-11(16)6-13(12)20(14)3/h4-9H,1-3H3/t9-/m1/s1. The molecule has 0 unspecified atom stereocenters. The van der Waals surface area contributed by atoms with Crippen molar-refractivity contribution in [3.05, 3.63) is 47.0 Å². The summed E-state index contributed by atoms with van der Waals surface area (Å²) in [6.45, 7) is 1.79. The number of benzene rings is 1. The second-order valence-electron chi connectivity index (χ2n) is 5.11. The van der Waals surface area contributed by atoms with Crippen LogP contribution in [0.25, 0.3) is 11.0 Å². The van der Waals surface area contributed by atoms with Crippen molar-refractivity contribution in [2.75, 3.05) is 0 Å². The zero-order chi connectivity index (χ0) is 15.9. The molecule has 22 heavy (non-hydrogen) atoms. The largest absolute Gasteiger partial charge is 0.451 e. The lowest BCUT2D eigenvalue weighted by Gasteiger charge is -2.12. The van der Waals surface area contributed by atoms with Crippen molar-refractivity contribution in [1.82, 2.24) is 19.3 Å². The maximum absolute atomic E-state index is 12.1. The fourth-order valence-electron chi connectivity index (χ4n) is 2.35. The molecule has 2 aromatic heterocycles. The van der Waals surface area contributed by atoms with Crippen molar-refractivity contribution >= 4 is 28.6 Å². The lowest BCUT2D eigenvalue weighted by atomic mass is 10.3. The Labute approximate surface area is 132 Å². The van der Waals surface area contributed by atoms with Crippen LogP contribution in [0.2, 0.25) is 5.02 Å². The van der Waals surface area contributed by atoms with E-state index in [0.717, 1.165) is 11.0 Å². The van der Waals surface area contributed by atoms with Crippen LogP contribution in [0.1, 0.15) is 29.2 Å². The van der Waals surface area contributed by atoms with E-state index in [4.69, 9.17) is 16.3 Å². The van der Waals surface area contributed by atoms with Gasteiger partial charge in [-0.25, -0.2) is 9.78 Å². The number of carbonyl (C=O) groups excluding carboxylic acids is 1. The zero-order valence-corrected chi connectivity index (χ0v) is 13.2. The average Bonchev–Trinajstić information content (AvgIpc) is 3.04. The van der Waals surface area contributed by atoms with Gasteiger partial charge in [-0.05, 0) is 25.1 Å². The minimum Gasteiger partial charge on any atom is -0.451 e. The SMILES string of the molecule is C[C@@H](OC(=O)c1cnn(C)c1)c1nc2ccc(Cl)cc2n1C. The van der Waals surface area contributed by atoms with E-state index in [1.165, 1.54) is 6.20 Å². The van der Waals surface area contributed by atoms with Gasteiger partial charge >= 0.3 is 5.97 Å². The predicted octanol–water partition coefficient (Wildman–Crippen LogP) is 2.88. The minimum atomic E-state index is -0.483. The Kier molecular flexibility index (Phi) is 3.62. The van der Waals surface area contributed by atoms with Gasteiger partial charge in [0.2, 0.25) is 0 Å². The van der Waals surface area contributed by atoms with E-state index >= 15 is 0 Å². The highest BCUT2D eigenvalue weighted by molar-refractivity contribution is 6.31. The van der Waals surface area contributed by atoms with Crippen LogP contribution in [-0.4, -0.2) is 25.3 Å². The van der Waals surface area contributed by atoms with Gasteiger partial charge in [-0.2, -0.15) is 5.10 Å². The van der Waals surface area contributed by atoms with Crippen LogP contribution in [0.4, 0.5) is 0 Å². The molecular formula is C15H15ClN4O2. The summed E-state index contributed by atoms with van der Waals surface area (Å²) in [5, 5.41) is 4.60. The Bertz CT molecular complexity index is 852. The molecule has 3 aromatic rings. The average molecular weight is 319 g/mol. The number of aryl methyl sites for hydroxylation is 2. The number of halogens is 1. The number of hydrogen-bond donors (Lipinski definition) is 0. The first-order valence-corrected chi connectivity index (χ1v) is 7.15. The topological polar surface area (TPSA) is 61.9 Å². The number of carbonyl (C=O) groups is 1. The van der Waals surface area contributed by atoms with Crippen LogP contribution >= 0.6 is 11.6 Å². The molecule has 0 aliphatic rings. The van der Waals surface area contributed by atoms with Crippen LogP contribution in [0.15, 0.2) is 30.6 Å². The lowest BCUT2D eigenvalue weighted by molar-refractivity contribution is 0.0315. The molecule has 0 N–H and O–H groups in total. The summed E-state index contributed by atoms with van der Waals surface area (Å²) in [5.41, 5.74) is 2.12. The third kappa shape index (κ3) is 2.57. The molecule has 0 spiro atoms. The molecule has 0 aliphatic heterocycles. The highest BCUT2D eigenvalue weighted by Gasteiger charge is 2.20. The van der Waals surface area contributed by atoms with Crippen LogP contribution in [0.3, 0.4) is 0 Å². The van der Waals surface area contributed by atoms with Crippen molar-refractivity contribution in [1.29, 1.82) is 0 Å². The van der Waals surface area contributed by atoms with Gasteiger partial charge < -0.3 is 9.30 Å².